The highest BCUT2D eigenvalue weighted by Crippen LogP contribution is 2.06. The summed E-state index contributed by atoms with van der Waals surface area (Å²) < 4.78 is 0. The van der Waals surface area contributed by atoms with Crippen LogP contribution in [-0.2, 0) is 0 Å². The van der Waals surface area contributed by atoms with E-state index < -0.39 is 0 Å². The number of hydrogen-bond donors (Lipinski definition) is 2. The van der Waals surface area contributed by atoms with Crippen molar-refractivity contribution in [1.29, 1.82) is 0 Å². The van der Waals surface area contributed by atoms with Gasteiger partial charge in [-0.2, -0.15) is 5.10 Å². The quantitative estimate of drug-likeness (QED) is 0.795. The molecule has 8 nitrogen and oxygen atoms in total. The van der Waals surface area contributed by atoms with Crippen molar-refractivity contribution < 1.29 is 9.59 Å². The normalized spacial score (nSPS) is 14.9. The van der Waals surface area contributed by atoms with Crippen LogP contribution in [0.4, 0.5) is 4.79 Å². The second-order valence-electron chi connectivity index (χ2n) is 4.82. The van der Waals surface area contributed by atoms with Crippen molar-refractivity contribution in [1.82, 2.24) is 25.3 Å². The third-order valence-electron chi connectivity index (χ3n) is 3.28. The second-order valence-corrected chi connectivity index (χ2v) is 4.82. The topological polar surface area (TPSA) is 98.4 Å². The number of amides is 3. The smallest absolute Gasteiger partial charge is 0.317 e. The molecule has 114 valence electrons. The Kier molecular flexibility index (Phi) is 4.91. The molecule has 3 amide bonds. The summed E-state index contributed by atoms with van der Waals surface area (Å²) in [5.74, 6) is -0.236. The zero-order valence-corrected chi connectivity index (χ0v) is 12.0. The SMILES string of the molecule is CCCNC(=O)N1CCN(C(=O)c2ccc(=O)[nH]n2)CC1. The lowest BCUT2D eigenvalue weighted by atomic mass is 10.2. The molecular weight excluding hydrogens is 274 g/mol. The van der Waals surface area contributed by atoms with Crippen LogP contribution in [-0.4, -0.2) is 64.7 Å². The zero-order chi connectivity index (χ0) is 15.2. The van der Waals surface area contributed by atoms with Gasteiger partial charge in [0.15, 0.2) is 0 Å². The van der Waals surface area contributed by atoms with E-state index >= 15 is 0 Å². The average Bonchev–Trinajstić information content (AvgIpc) is 2.53. The molecule has 1 fully saturated rings. The van der Waals surface area contributed by atoms with Gasteiger partial charge in [-0.05, 0) is 12.5 Å². The minimum Gasteiger partial charge on any atom is -0.338 e. The molecule has 1 aliphatic rings. The number of hydrogen-bond acceptors (Lipinski definition) is 4. The molecule has 0 aliphatic carbocycles. The fourth-order valence-corrected chi connectivity index (χ4v) is 2.08. The largest absolute Gasteiger partial charge is 0.338 e. The van der Waals surface area contributed by atoms with E-state index in [1.165, 1.54) is 12.1 Å². The molecule has 8 heteroatoms. The van der Waals surface area contributed by atoms with Gasteiger partial charge < -0.3 is 15.1 Å². The van der Waals surface area contributed by atoms with Crippen molar-refractivity contribution in [2.45, 2.75) is 13.3 Å². The Balaban J connectivity index is 1.88. The molecule has 1 aromatic rings. The summed E-state index contributed by atoms with van der Waals surface area (Å²) in [4.78, 5) is 38.2. The van der Waals surface area contributed by atoms with Gasteiger partial charge in [0.05, 0.1) is 0 Å². The summed E-state index contributed by atoms with van der Waals surface area (Å²) in [5, 5.41) is 8.78. The van der Waals surface area contributed by atoms with E-state index in [-0.39, 0.29) is 23.2 Å². The van der Waals surface area contributed by atoms with Gasteiger partial charge in [0.2, 0.25) is 0 Å². The number of piperazine rings is 1. The minimum atomic E-state index is -0.344. The van der Waals surface area contributed by atoms with Gasteiger partial charge >= 0.3 is 6.03 Å². The Labute approximate surface area is 122 Å². The lowest BCUT2D eigenvalue weighted by Gasteiger charge is -2.34. The van der Waals surface area contributed by atoms with Crippen molar-refractivity contribution in [2.75, 3.05) is 32.7 Å². The number of nitrogens with one attached hydrogen (secondary N) is 2. The fourth-order valence-electron chi connectivity index (χ4n) is 2.08. The molecule has 0 unspecified atom stereocenters. The number of nitrogens with zero attached hydrogens (tertiary/aromatic N) is 3. The number of rotatable bonds is 3. The molecular formula is C13H19N5O3. The highest BCUT2D eigenvalue weighted by molar-refractivity contribution is 5.92. The first-order valence-electron chi connectivity index (χ1n) is 6.99. The predicted molar refractivity (Wildman–Crippen MR) is 76.0 cm³/mol. The highest BCUT2D eigenvalue weighted by atomic mass is 16.2. The molecule has 1 aliphatic heterocycles. The molecule has 2 N–H and O–H groups in total. The summed E-state index contributed by atoms with van der Waals surface area (Å²) in [6.07, 6.45) is 0.891. The molecule has 1 aromatic heterocycles. The van der Waals surface area contributed by atoms with Gasteiger partial charge in [-0.25, -0.2) is 9.89 Å². The molecule has 0 aromatic carbocycles. The third kappa shape index (κ3) is 3.80. The third-order valence-corrected chi connectivity index (χ3v) is 3.28. The Morgan fingerprint density at radius 2 is 1.90 bits per heavy atom. The summed E-state index contributed by atoms with van der Waals surface area (Å²) in [5.41, 5.74) is -0.137. The average molecular weight is 293 g/mol. The maximum Gasteiger partial charge on any atom is 0.317 e. The van der Waals surface area contributed by atoms with Crippen LogP contribution in [0.3, 0.4) is 0 Å². The first-order chi connectivity index (χ1) is 10.1. The summed E-state index contributed by atoms with van der Waals surface area (Å²) in [6.45, 7) is 4.54. The van der Waals surface area contributed by atoms with E-state index in [4.69, 9.17) is 0 Å². The van der Waals surface area contributed by atoms with Gasteiger partial charge in [0.25, 0.3) is 11.5 Å². The number of H-pyrrole nitrogens is 1. The van der Waals surface area contributed by atoms with Gasteiger partial charge in [-0.1, -0.05) is 6.92 Å². The van der Waals surface area contributed by atoms with Crippen LogP contribution in [0, 0.1) is 0 Å². The van der Waals surface area contributed by atoms with Crippen molar-refractivity contribution in [2.24, 2.45) is 0 Å². The summed E-state index contributed by atoms with van der Waals surface area (Å²) in [6, 6.07) is 2.59. The van der Waals surface area contributed by atoms with E-state index in [0.717, 1.165) is 6.42 Å². The Bertz CT molecular complexity index is 543. The lowest BCUT2D eigenvalue weighted by molar-refractivity contribution is 0.0658. The van der Waals surface area contributed by atoms with Crippen LogP contribution in [0.1, 0.15) is 23.8 Å². The number of aromatic nitrogens is 2. The number of carbonyl (C=O) groups is 2. The number of urea groups is 1. The molecule has 1 saturated heterocycles. The van der Waals surface area contributed by atoms with E-state index in [0.29, 0.717) is 32.7 Å². The Hall–Kier alpha value is -2.38. The van der Waals surface area contributed by atoms with E-state index in [2.05, 4.69) is 15.5 Å². The zero-order valence-electron chi connectivity index (χ0n) is 12.0. The van der Waals surface area contributed by atoms with Crippen molar-refractivity contribution in [3.63, 3.8) is 0 Å². The molecule has 2 heterocycles. The van der Waals surface area contributed by atoms with Crippen molar-refractivity contribution in [3.8, 4) is 0 Å². The Morgan fingerprint density at radius 1 is 1.24 bits per heavy atom. The maximum absolute atomic E-state index is 12.2. The number of aromatic amines is 1. The predicted octanol–water partition coefficient (Wildman–Crippen LogP) is -0.353. The van der Waals surface area contributed by atoms with Crippen molar-refractivity contribution in [3.05, 3.63) is 28.2 Å². The van der Waals surface area contributed by atoms with Crippen LogP contribution >= 0.6 is 0 Å². The molecule has 2 rings (SSSR count). The Morgan fingerprint density at radius 3 is 2.48 bits per heavy atom. The standard InChI is InChI=1S/C13H19N5O3/c1-2-5-14-13(21)18-8-6-17(7-9-18)12(20)10-3-4-11(19)16-15-10/h3-4H,2,5-9H2,1H3,(H,14,21)(H,16,19). The molecule has 0 atom stereocenters. The van der Waals surface area contributed by atoms with Gasteiger partial charge in [-0.15, -0.1) is 0 Å². The summed E-state index contributed by atoms with van der Waals surface area (Å²) in [7, 11) is 0. The van der Waals surface area contributed by atoms with Gasteiger partial charge in [-0.3, -0.25) is 9.59 Å². The lowest BCUT2D eigenvalue weighted by Crippen LogP contribution is -2.53. The monoisotopic (exact) mass is 293 g/mol. The van der Waals surface area contributed by atoms with Gasteiger partial charge in [0, 0.05) is 38.8 Å². The molecule has 0 spiro atoms. The minimum absolute atomic E-state index is 0.0916. The van der Waals surface area contributed by atoms with Crippen LogP contribution in [0.25, 0.3) is 0 Å². The first-order valence-corrected chi connectivity index (χ1v) is 6.99. The molecule has 0 saturated carbocycles. The van der Waals surface area contributed by atoms with Crippen molar-refractivity contribution >= 4 is 11.9 Å². The maximum atomic E-state index is 12.2. The molecule has 0 radical (unpaired) electrons. The summed E-state index contributed by atoms with van der Waals surface area (Å²) >= 11 is 0. The number of carbonyl (C=O) groups excluding carboxylic acids is 2. The van der Waals surface area contributed by atoms with E-state index in [1.54, 1.807) is 9.80 Å². The fraction of sp³-hybridized carbons (Fsp3) is 0.538. The van der Waals surface area contributed by atoms with Crippen LogP contribution in [0.15, 0.2) is 16.9 Å². The van der Waals surface area contributed by atoms with Crippen LogP contribution in [0.5, 0.6) is 0 Å². The van der Waals surface area contributed by atoms with Crippen LogP contribution in [0.2, 0.25) is 0 Å². The first kappa shape index (κ1) is 15.0. The van der Waals surface area contributed by atoms with E-state index in [1.807, 2.05) is 6.92 Å². The highest BCUT2D eigenvalue weighted by Gasteiger charge is 2.25. The van der Waals surface area contributed by atoms with E-state index in [9.17, 15) is 14.4 Å². The molecule has 21 heavy (non-hydrogen) atoms. The van der Waals surface area contributed by atoms with Gasteiger partial charge in [0.1, 0.15) is 5.69 Å². The molecule has 0 bridgehead atoms. The van der Waals surface area contributed by atoms with Crippen LogP contribution < -0.4 is 10.9 Å². The second kappa shape index (κ2) is 6.87.